The van der Waals surface area contributed by atoms with E-state index in [2.05, 4.69) is 19.2 Å². The number of hydrogen-bond acceptors (Lipinski definition) is 3. The Morgan fingerprint density at radius 2 is 2.05 bits per heavy atom. The van der Waals surface area contributed by atoms with Crippen molar-refractivity contribution in [2.75, 3.05) is 19.8 Å². The number of aliphatic hydroxyl groups is 1. The summed E-state index contributed by atoms with van der Waals surface area (Å²) in [5.41, 5.74) is 2.20. The van der Waals surface area contributed by atoms with Gasteiger partial charge in [0.1, 0.15) is 5.75 Å². The molecule has 0 aromatic heterocycles. The van der Waals surface area contributed by atoms with Crippen LogP contribution >= 0.6 is 0 Å². The first kappa shape index (κ1) is 17.5. The zero-order chi connectivity index (χ0) is 15.9. The van der Waals surface area contributed by atoms with Crippen LogP contribution in [0.15, 0.2) is 18.2 Å². The third-order valence-electron chi connectivity index (χ3n) is 3.69. The van der Waals surface area contributed by atoms with Crippen LogP contribution in [0.3, 0.4) is 0 Å². The Hall–Kier alpha value is -1.55. The average Bonchev–Trinajstić information content (AvgIpc) is 2.45. The zero-order valence-electron chi connectivity index (χ0n) is 13.5. The number of aliphatic hydroxyl groups excluding tert-OH is 1. The van der Waals surface area contributed by atoms with E-state index in [-0.39, 0.29) is 24.5 Å². The molecule has 1 aromatic carbocycles. The van der Waals surface area contributed by atoms with Gasteiger partial charge in [0, 0.05) is 13.2 Å². The van der Waals surface area contributed by atoms with Crippen LogP contribution in [-0.4, -0.2) is 30.8 Å². The molecule has 0 saturated heterocycles. The molecule has 118 valence electrons. The second-order valence-corrected chi connectivity index (χ2v) is 6.25. The SMILES string of the molecule is Cc1cccc(OCC(=O)NCC(C)(C)CCCO)c1C. The summed E-state index contributed by atoms with van der Waals surface area (Å²) in [6, 6.07) is 5.82. The van der Waals surface area contributed by atoms with E-state index in [0.29, 0.717) is 6.54 Å². The molecule has 0 fully saturated rings. The molecule has 2 N–H and O–H groups in total. The second kappa shape index (κ2) is 8.03. The van der Waals surface area contributed by atoms with E-state index in [4.69, 9.17) is 9.84 Å². The monoisotopic (exact) mass is 293 g/mol. The van der Waals surface area contributed by atoms with E-state index < -0.39 is 0 Å². The summed E-state index contributed by atoms with van der Waals surface area (Å²) in [4.78, 5) is 11.8. The molecule has 1 amide bonds. The van der Waals surface area contributed by atoms with Crippen LogP contribution in [0.25, 0.3) is 0 Å². The highest BCUT2D eigenvalue weighted by Gasteiger charge is 2.18. The number of carbonyl (C=O) groups excluding carboxylic acids is 1. The Morgan fingerprint density at radius 1 is 1.33 bits per heavy atom. The molecule has 0 aliphatic heterocycles. The van der Waals surface area contributed by atoms with Gasteiger partial charge in [-0.3, -0.25) is 4.79 Å². The Labute approximate surface area is 127 Å². The average molecular weight is 293 g/mol. The first-order chi connectivity index (χ1) is 9.85. The van der Waals surface area contributed by atoms with Crippen LogP contribution in [0.1, 0.15) is 37.8 Å². The molecule has 0 unspecified atom stereocenters. The summed E-state index contributed by atoms with van der Waals surface area (Å²) < 4.78 is 5.57. The largest absolute Gasteiger partial charge is 0.483 e. The quantitative estimate of drug-likeness (QED) is 0.774. The van der Waals surface area contributed by atoms with Crippen molar-refractivity contribution in [3.63, 3.8) is 0 Å². The van der Waals surface area contributed by atoms with Crippen molar-refractivity contribution in [1.82, 2.24) is 5.32 Å². The molecule has 4 heteroatoms. The molecule has 1 aromatic rings. The highest BCUT2D eigenvalue weighted by atomic mass is 16.5. The van der Waals surface area contributed by atoms with Gasteiger partial charge in [-0.15, -0.1) is 0 Å². The van der Waals surface area contributed by atoms with Crippen molar-refractivity contribution in [2.24, 2.45) is 5.41 Å². The van der Waals surface area contributed by atoms with Gasteiger partial charge < -0.3 is 15.2 Å². The fraction of sp³-hybridized carbons (Fsp3) is 0.588. The summed E-state index contributed by atoms with van der Waals surface area (Å²) in [6.45, 7) is 8.96. The van der Waals surface area contributed by atoms with Crippen molar-refractivity contribution < 1.29 is 14.6 Å². The van der Waals surface area contributed by atoms with E-state index >= 15 is 0 Å². The fourth-order valence-electron chi connectivity index (χ4n) is 2.06. The lowest BCUT2D eigenvalue weighted by atomic mass is 9.88. The molecule has 0 radical (unpaired) electrons. The molecule has 0 heterocycles. The van der Waals surface area contributed by atoms with Gasteiger partial charge in [0.25, 0.3) is 5.91 Å². The van der Waals surface area contributed by atoms with E-state index in [9.17, 15) is 4.79 Å². The lowest BCUT2D eigenvalue weighted by Crippen LogP contribution is -2.36. The highest BCUT2D eigenvalue weighted by molar-refractivity contribution is 5.77. The minimum atomic E-state index is -0.118. The smallest absolute Gasteiger partial charge is 0.257 e. The maximum absolute atomic E-state index is 11.8. The number of carbonyl (C=O) groups is 1. The van der Waals surface area contributed by atoms with Gasteiger partial charge in [0.2, 0.25) is 0 Å². The molecular formula is C17H27NO3. The number of nitrogens with one attached hydrogen (secondary N) is 1. The van der Waals surface area contributed by atoms with Crippen molar-refractivity contribution in [2.45, 2.75) is 40.5 Å². The number of amides is 1. The molecule has 0 spiro atoms. The molecule has 0 atom stereocenters. The summed E-state index contributed by atoms with van der Waals surface area (Å²) in [6.07, 6.45) is 1.63. The minimum Gasteiger partial charge on any atom is -0.483 e. The lowest BCUT2D eigenvalue weighted by Gasteiger charge is -2.24. The number of benzene rings is 1. The Morgan fingerprint density at radius 3 is 2.71 bits per heavy atom. The van der Waals surface area contributed by atoms with E-state index in [1.54, 1.807) is 0 Å². The van der Waals surface area contributed by atoms with Gasteiger partial charge in [-0.1, -0.05) is 26.0 Å². The third kappa shape index (κ3) is 6.17. The van der Waals surface area contributed by atoms with Crippen LogP contribution in [0.2, 0.25) is 0 Å². The van der Waals surface area contributed by atoms with E-state index in [0.717, 1.165) is 29.7 Å². The van der Waals surface area contributed by atoms with Gasteiger partial charge >= 0.3 is 0 Å². The standard InChI is InChI=1S/C17H27NO3/c1-13-7-5-8-15(14(13)2)21-11-16(20)18-12-17(3,4)9-6-10-19/h5,7-8,19H,6,9-12H2,1-4H3,(H,18,20). The van der Waals surface area contributed by atoms with Crippen LogP contribution in [0.4, 0.5) is 0 Å². The van der Waals surface area contributed by atoms with Crippen LogP contribution in [0.5, 0.6) is 5.75 Å². The van der Waals surface area contributed by atoms with Crippen molar-refractivity contribution in [3.05, 3.63) is 29.3 Å². The topological polar surface area (TPSA) is 58.6 Å². The molecule has 0 saturated carbocycles. The Kier molecular flexibility index (Phi) is 6.69. The van der Waals surface area contributed by atoms with E-state index in [1.165, 1.54) is 0 Å². The number of hydrogen-bond donors (Lipinski definition) is 2. The van der Waals surface area contributed by atoms with Gasteiger partial charge in [-0.2, -0.15) is 0 Å². The molecule has 21 heavy (non-hydrogen) atoms. The first-order valence-electron chi connectivity index (χ1n) is 7.42. The van der Waals surface area contributed by atoms with Crippen molar-refractivity contribution >= 4 is 5.91 Å². The predicted molar refractivity (Wildman–Crippen MR) is 84.5 cm³/mol. The minimum absolute atomic E-state index is 0.0162. The molecular weight excluding hydrogens is 266 g/mol. The van der Waals surface area contributed by atoms with Crippen molar-refractivity contribution in [1.29, 1.82) is 0 Å². The number of aryl methyl sites for hydroxylation is 1. The molecule has 0 bridgehead atoms. The maximum atomic E-state index is 11.8. The molecule has 1 rings (SSSR count). The number of ether oxygens (including phenoxy) is 1. The van der Waals surface area contributed by atoms with E-state index in [1.807, 2.05) is 32.0 Å². The summed E-state index contributed by atoms with van der Waals surface area (Å²) in [5, 5.41) is 11.7. The Bertz CT molecular complexity index is 469. The van der Waals surface area contributed by atoms with Crippen LogP contribution < -0.4 is 10.1 Å². The molecule has 0 aliphatic carbocycles. The number of rotatable bonds is 8. The third-order valence-corrected chi connectivity index (χ3v) is 3.69. The summed E-state index contributed by atoms with van der Waals surface area (Å²) in [7, 11) is 0. The normalized spacial score (nSPS) is 11.3. The van der Waals surface area contributed by atoms with Gasteiger partial charge in [0.15, 0.2) is 6.61 Å². The van der Waals surface area contributed by atoms with Crippen LogP contribution in [-0.2, 0) is 4.79 Å². The Balaban J connectivity index is 2.39. The zero-order valence-corrected chi connectivity index (χ0v) is 13.5. The summed E-state index contributed by atoms with van der Waals surface area (Å²) in [5.74, 6) is 0.637. The van der Waals surface area contributed by atoms with Gasteiger partial charge in [-0.25, -0.2) is 0 Å². The lowest BCUT2D eigenvalue weighted by molar-refractivity contribution is -0.123. The second-order valence-electron chi connectivity index (χ2n) is 6.25. The van der Waals surface area contributed by atoms with Crippen LogP contribution in [0, 0.1) is 19.3 Å². The van der Waals surface area contributed by atoms with Gasteiger partial charge in [0.05, 0.1) is 0 Å². The fourth-order valence-corrected chi connectivity index (χ4v) is 2.06. The highest BCUT2D eigenvalue weighted by Crippen LogP contribution is 2.21. The summed E-state index contributed by atoms with van der Waals surface area (Å²) >= 11 is 0. The molecule has 0 aliphatic rings. The molecule has 4 nitrogen and oxygen atoms in total. The van der Waals surface area contributed by atoms with Gasteiger partial charge in [-0.05, 0) is 49.3 Å². The van der Waals surface area contributed by atoms with Crippen molar-refractivity contribution in [3.8, 4) is 5.75 Å². The first-order valence-corrected chi connectivity index (χ1v) is 7.42. The predicted octanol–water partition coefficient (Wildman–Crippen LogP) is 2.60. The maximum Gasteiger partial charge on any atom is 0.257 e.